The molecule has 0 saturated carbocycles. The van der Waals surface area contributed by atoms with Crippen LogP contribution in [0.1, 0.15) is 27.9 Å². The lowest BCUT2D eigenvalue weighted by molar-refractivity contribution is -0.118. The van der Waals surface area contributed by atoms with Gasteiger partial charge in [-0.05, 0) is 59.0 Å². The molecule has 4 rings (SSSR count). The highest BCUT2D eigenvalue weighted by Crippen LogP contribution is 2.24. The SMILES string of the molecule is O=C(O)c1ccc(-c2cccc(CN(C(=O)CCc3ccccc3)c3ccccc3)c2)cc1. The fraction of sp³-hybridized carbons (Fsp3) is 0.103. The molecule has 164 valence electrons. The molecule has 0 bridgehead atoms. The van der Waals surface area contributed by atoms with Crippen LogP contribution in [0.3, 0.4) is 0 Å². The summed E-state index contributed by atoms with van der Waals surface area (Å²) in [7, 11) is 0. The van der Waals surface area contributed by atoms with Crippen molar-refractivity contribution in [2.45, 2.75) is 19.4 Å². The van der Waals surface area contributed by atoms with Crippen LogP contribution in [0.25, 0.3) is 11.1 Å². The summed E-state index contributed by atoms with van der Waals surface area (Å²) in [6, 6.07) is 34.6. The van der Waals surface area contributed by atoms with Gasteiger partial charge in [0.1, 0.15) is 0 Å². The van der Waals surface area contributed by atoms with Gasteiger partial charge in [-0.2, -0.15) is 0 Å². The molecule has 4 aromatic carbocycles. The lowest BCUT2D eigenvalue weighted by Crippen LogP contribution is -2.30. The van der Waals surface area contributed by atoms with E-state index in [1.807, 2.05) is 95.9 Å². The maximum Gasteiger partial charge on any atom is 0.335 e. The Morgan fingerprint density at radius 2 is 1.30 bits per heavy atom. The van der Waals surface area contributed by atoms with Gasteiger partial charge in [0.25, 0.3) is 0 Å². The number of aryl methyl sites for hydroxylation is 1. The number of carboxylic acids is 1. The van der Waals surface area contributed by atoms with Crippen LogP contribution in [0.4, 0.5) is 5.69 Å². The van der Waals surface area contributed by atoms with E-state index in [1.54, 1.807) is 12.1 Å². The summed E-state index contributed by atoms with van der Waals surface area (Å²) in [5.74, 6) is -0.871. The third-order valence-corrected chi connectivity index (χ3v) is 5.57. The molecule has 0 radical (unpaired) electrons. The van der Waals surface area contributed by atoms with Gasteiger partial charge in [0.2, 0.25) is 5.91 Å². The number of amides is 1. The number of nitrogens with zero attached hydrogens (tertiary/aromatic N) is 1. The van der Waals surface area contributed by atoms with Crippen molar-refractivity contribution < 1.29 is 14.7 Å². The van der Waals surface area contributed by atoms with Crippen LogP contribution in [-0.2, 0) is 17.8 Å². The van der Waals surface area contributed by atoms with Crippen LogP contribution in [0, 0.1) is 0 Å². The molecule has 1 N–H and O–H groups in total. The van der Waals surface area contributed by atoms with Gasteiger partial charge in [0.05, 0.1) is 12.1 Å². The number of carbonyl (C=O) groups excluding carboxylic acids is 1. The average Bonchev–Trinajstić information content (AvgIpc) is 2.87. The second kappa shape index (κ2) is 10.4. The minimum atomic E-state index is -0.942. The number of rotatable bonds is 8. The number of hydrogen-bond acceptors (Lipinski definition) is 2. The van der Waals surface area contributed by atoms with Gasteiger partial charge in [0, 0.05) is 12.1 Å². The maximum absolute atomic E-state index is 13.2. The van der Waals surface area contributed by atoms with E-state index in [0.717, 1.165) is 27.9 Å². The first-order valence-electron chi connectivity index (χ1n) is 10.9. The van der Waals surface area contributed by atoms with Crippen molar-refractivity contribution >= 4 is 17.6 Å². The molecule has 4 nitrogen and oxygen atoms in total. The van der Waals surface area contributed by atoms with Crippen molar-refractivity contribution in [3.05, 3.63) is 126 Å². The van der Waals surface area contributed by atoms with E-state index in [-0.39, 0.29) is 11.5 Å². The lowest BCUT2D eigenvalue weighted by atomic mass is 10.0. The summed E-state index contributed by atoms with van der Waals surface area (Å²) in [6.45, 7) is 0.457. The summed E-state index contributed by atoms with van der Waals surface area (Å²) >= 11 is 0. The Hall–Kier alpha value is -4.18. The Labute approximate surface area is 193 Å². The third kappa shape index (κ3) is 5.74. The zero-order valence-electron chi connectivity index (χ0n) is 18.2. The van der Waals surface area contributed by atoms with Crippen molar-refractivity contribution in [3.8, 4) is 11.1 Å². The monoisotopic (exact) mass is 435 g/mol. The number of benzene rings is 4. The molecule has 0 aromatic heterocycles. The first-order valence-corrected chi connectivity index (χ1v) is 10.9. The van der Waals surface area contributed by atoms with Crippen LogP contribution in [0.5, 0.6) is 0 Å². The molecule has 0 aliphatic heterocycles. The second-order valence-corrected chi connectivity index (χ2v) is 7.88. The molecule has 0 atom stereocenters. The van der Waals surface area contributed by atoms with Crippen LogP contribution >= 0.6 is 0 Å². The summed E-state index contributed by atoms with van der Waals surface area (Å²) < 4.78 is 0. The smallest absolute Gasteiger partial charge is 0.335 e. The average molecular weight is 436 g/mol. The molecular formula is C29H25NO3. The number of anilines is 1. The molecule has 1 amide bonds. The van der Waals surface area contributed by atoms with E-state index in [0.29, 0.717) is 19.4 Å². The predicted octanol–water partition coefficient (Wildman–Crippen LogP) is 6.22. The minimum absolute atomic E-state index is 0.0706. The third-order valence-electron chi connectivity index (χ3n) is 5.57. The quantitative estimate of drug-likeness (QED) is 0.358. The molecule has 0 spiro atoms. The van der Waals surface area contributed by atoms with Crippen molar-refractivity contribution in [1.29, 1.82) is 0 Å². The molecular weight excluding hydrogens is 410 g/mol. The number of aromatic carboxylic acids is 1. The van der Waals surface area contributed by atoms with Crippen LogP contribution in [-0.4, -0.2) is 17.0 Å². The Morgan fingerprint density at radius 3 is 1.97 bits per heavy atom. The normalized spacial score (nSPS) is 10.5. The fourth-order valence-corrected chi connectivity index (χ4v) is 3.80. The fourth-order valence-electron chi connectivity index (χ4n) is 3.80. The van der Waals surface area contributed by atoms with Crippen molar-refractivity contribution in [1.82, 2.24) is 0 Å². The Bertz CT molecular complexity index is 1220. The number of carboxylic acid groups (broad SMARTS) is 1. The van der Waals surface area contributed by atoms with E-state index < -0.39 is 5.97 Å². The lowest BCUT2D eigenvalue weighted by Gasteiger charge is -2.23. The molecule has 0 saturated heterocycles. The topological polar surface area (TPSA) is 57.6 Å². The Kier molecular flexibility index (Phi) is 6.96. The number of carbonyl (C=O) groups is 2. The zero-order chi connectivity index (χ0) is 23.0. The van der Waals surface area contributed by atoms with E-state index in [4.69, 9.17) is 5.11 Å². The van der Waals surface area contributed by atoms with Crippen molar-refractivity contribution in [2.75, 3.05) is 4.90 Å². The zero-order valence-corrected chi connectivity index (χ0v) is 18.2. The number of para-hydroxylation sites is 1. The van der Waals surface area contributed by atoms with E-state index >= 15 is 0 Å². The van der Waals surface area contributed by atoms with Gasteiger partial charge in [-0.3, -0.25) is 4.79 Å². The van der Waals surface area contributed by atoms with Gasteiger partial charge in [0.15, 0.2) is 0 Å². The van der Waals surface area contributed by atoms with Crippen LogP contribution < -0.4 is 4.90 Å². The van der Waals surface area contributed by atoms with E-state index in [2.05, 4.69) is 6.07 Å². The second-order valence-electron chi connectivity index (χ2n) is 7.88. The summed E-state index contributed by atoms with van der Waals surface area (Å²) in [6.07, 6.45) is 1.12. The Morgan fingerprint density at radius 1 is 0.667 bits per heavy atom. The molecule has 0 aliphatic carbocycles. The van der Waals surface area contributed by atoms with Gasteiger partial charge in [-0.25, -0.2) is 4.79 Å². The van der Waals surface area contributed by atoms with Gasteiger partial charge in [-0.15, -0.1) is 0 Å². The molecule has 4 heteroatoms. The summed E-state index contributed by atoms with van der Waals surface area (Å²) in [5.41, 5.74) is 5.19. The predicted molar refractivity (Wildman–Crippen MR) is 131 cm³/mol. The van der Waals surface area contributed by atoms with E-state index in [9.17, 15) is 9.59 Å². The molecule has 33 heavy (non-hydrogen) atoms. The minimum Gasteiger partial charge on any atom is -0.478 e. The van der Waals surface area contributed by atoms with Crippen molar-refractivity contribution in [3.63, 3.8) is 0 Å². The highest BCUT2D eigenvalue weighted by Gasteiger charge is 2.16. The first kappa shape index (κ1) is 22.0. The first-order chi connectivity index (χ1) is 16.1. The van der Waals surface area contributed by atoms with Crippen molar-refractivity contribution in [2.24, 2.45) is 0 Å². The largest absolute Gasteiger partial charge is 0.478 e. The number of hydrogen-bond donors (Lipinski definition) is 1. The molecule has 0 fully saturated rings. The molecule has 0 aliphatic rings. The molecule has 4 aromatic rings. The molecule has 0 heterocycles. The van der Waals surface area contributed by atoms with Gasteiger partial charge < -0.3 is 10.0 Å². The highest BCUT2D eigenvalue weighted by atomic mass is 16.4. The molecule has 0 unspecified atom stereocenters. The standard InChI is InChI=1S/C29H25NO3/c31-28(19-14-22-8-3-1-4-9-22)30(27-12-5-2-6-13-27)21-23-10-7-11-26(20-23)24-15-17-25(18-16-24)29(32)33/h1-13,15-18,20H,14,19,21H2,(H,32,33). The van der Waals surface area contributed by atoms with E-state index in [1.165, 1.54) is 0 Å². The maximum atomic E-state index is 13.2. The Balaban J connectivity index is 1.55. The van der Waals surface area contributed by atoms with Crippen LogP contribution in [0.2, 0.25) is 0 Å². The van der Waals surface area contributed by atoms with Gasteiger partial charge in [-0.1, -0.05) is 78.9 Å². The van der Waals surface area contributed by atoms with Crippen LogP contribution in [0.15, 0.2) is 109 Å². The van der Waals surface area contributed by atoms with Gasteiger partial charge >= 0.3 is 5.97 Å². The highest BCUT2D eigenvalue weighted by molar-refractivity contribution is 5.93. The summed E-state index contributed by atoms with van der Waals surface area (Å²) in [5, 5.41) is 9.13. The summed E-state index contributed by atoms with van der Waals surface area (Å²) in [4.78, 5) is 26.2.